The maximum absolute atomic E-state index is 15.1. The van der Waals surface area contributed by atoms with Crippen LogP contribution in [0.5, 0.6) is 0 Å². The Morgan fingerprint density at radius 1 is 0.299 bits per heavy atom. The second-order valence-corrected chi connectivity index (χ2v) is 22.9. The maximum atomic E-state index is 15.1. The zero-order valence-electron chi connectivity index (χ0n) is 36.3. The van der Waals surface area contributed by atoms with Gasteiger partial charge in [-0.15, -0.1) is 11.3 Å². The molecule has 67 heavy (non-hydrogen) atoms. The molecule has 4 nitrogen and oxygen atoms in total. The fourth-order valence-electron chi connectivity index (χ4n) is 9.16. The molecule has 0 spiro atoms. The first-order valence-corrected chi connectivity index (χ1v) is 26.4. The van der Waals surface area contributed by atoms with Crippen LogP contribution in [0.25, 0.3) is 64.2 Å². The molecule has 0 N–H and O–H groups in total. The highest BCUT2D eigenvalue weighted by atomic mass is 32.1. The van der Waals surface area contributed by atoms with Gasteiger partial charge in [-0.25, -0.2) is 0 Å². The van der Waals surface area contributed by atoms with Gasteiger partial charge in [-0.1, -0.05) is 194 Å². The molecule has 9 aromatic carbocycles. The molecule has 3 heterocycles. The normalized spacial score (nSPS) is 11.7. The molecule has 12 rings (SSSR count). The van der Waals surface area contributed by atoms with E-state index in [4.69, 9.17) is 0 Å². The van der Waals surface area contributed by atoms with Crippen molar-refractivity contribution in [2.75, 3.05) is 0 Å². The minimum atomic E-state index is -3.12. The first kappa shape index (κ1) is 42.1. The van der Waals surface area contributed by atoms with E-state index in [1.165, 1.54) is 22.3 Å². The van der Waals surface area contributed by atoms with Crippen molar-refractivity contribution in [3.05, 3.63) is 255 Å². The maximum Gasteiger partial charge on any atom is 0.171 e. The summed E-state index contributed by atoms with van der Waals surface area (Å²) in [7, 11) is -6.25. The van der Waals surface area contributed by atoms with Gasteiger partial charge in [0.1, 0.15) is 0 Å². The lowest BCUT2D eigenvalue weighted by Crippen LogP contribution is -2.25. The van der Waals surface area contributed by atoms with E-state index in [0.717, 1.165) is 73.8 Å². The minimum absolute atomic E-state index is 0.793. The van der Waals surface area contributed by atoms with Crippen molar-refractivity contribution in [3.63, 3.8) is 0 Å². The number of benzene rings is 9. The molecular weight excluding hydrogens is 875 g/mol. The minimum Gasteiger partial charge on any atom is -0.309 e. The van der Waals surface area contributed by atoms with Gasteiger partial charge < -0.3 is 9.13 Å². The summed E-state index contributed by atoms with van der Waals surface area (Å²) in [5.74, 6) is 0. The van der Waals surface area contributed by atoms with Crippen LogP contribution in [0.4, 0.5) is 0 Å². The van der Waals surface area contributed by atoms with Crippen molar-refractivity contribution >= 4 is 99.4 Å². The molecule has 0 radical (unpaired) electrons. The van der Waals surface area contributed by atoms with Crippen LogP contribution in [0.2, 0.25) is 0 Å². The van der Waals surface area contributed by atoms with Gasteiger partial charge in [-0.2, -0.15) is 0 Å². The quantitative estimate of drug-likeness (QED) is 0.113. The Labute approximate surface area is 393 Å². The molecule has 0 bridgehead atoms. The molecule has 0 atom stereocenters. The predicted octanol–water partition coefficient (Wildman–Crippen LogP) is 13.5. The highest BCUT2D eigenvalue weighted by Crippen LogP contribution is 2.47. The average molecular weight is 917 g/mol. The third kappa shape index (κ3) is 7.72. The Morgan fingerprint density at radius 3 is 0.940 bits per heavy atom. The van der Waals surface area contributed by atoms with E-state index >= 15 is 9.13 Å². The highest BCUT2D eigenvalue weighted by Gasteiger charge is 2.32. The van der Waals surface area contributed by atoms with Gasteiger partial charge >= 0.3 is 0 Å². The Hall–Kier alpha value is -7.52. The Kier molecular flexibility index (Phi) is 11.3. The van der Waals surface area contributed by atoms with E-state index in [2.05, 4.69) is 107 Å². The van der Waals surface area contributed by atoms with Crippen molar-refractivity contribution < 1.29 is 9.13 Å². The largest absolute Gasteiger partial charge is 0.309 e. The molecule has 320 valence electrons. The molecule has 0 aliphatic heterocycles. The number of fused-ring (bicyclic) bond motifs is 6. The standard InChI is InChI=1S/C36H26O2P2S.C24H16N2/c37-39(27-13-5-1-6-14-27,28-15-7-2-8-16-28)31-21-23-35-33(25-31)34-26-32(22-24-36(34)41-35)40(38,29-17-9-3-10-18-29)30-19-11-4-12-20-30;1-3-7-17(8-4-1)19-13-15-25-23-21(19)11-12-22-20(14-16-26-24(22)23)18-9-5-2-6-10-18/h1-26H;1-16H. The molecule has 0 fully saturated rings. The summed E-state index contributed by atoms with van der Waals surface area (Å²) in [5, 5.41) is 9.14. The van der Waals surface area contributed by atoms with Crippen molar-refractivity contribution in [2.24, 2.45) is 0 Å². The van der Waals surface area contributed by atoms with E-state index in [1.807, 2.05) is 158 Å². The lowest BCUT2D eigenvalue weighted by molar-refractivity contribution is 0.591. The van der Waals surface area contributed by atoms with Gasteiger partial charge in [0.25, 0.3) is 0 Å². The lowest BCUT2D eigenvalue weighted by Gasteiger charge is -2.20. The molecule has 0 saturated heterocycles. The van der Waals surface area contributed by atoms with Crippen LogP contribution in [-0.4, -0.2) is 9.97 Å². The van der Waals surface area contributed by atoms with Crippen LogP contribution in [0.1, 0.15) is 0 Å². The summed E-state index contributed by atoms with van der Waals surface area (Å²) in [6.07, 6.45) is 3.75. The van der Waals surface area contributed by atoms with Gasteiger partial charge in [-0.05, 0) is 70.8 Å². The van der Waals surface area contributed by atoms with Crippen LogP contribution in [0.15, 0.2) is 255 Å². The van der Waals surface area contributed by atoms with Crippen LogP contribution in [0.3, 0.4) is 0 Å². The average Bonchev–Trinajstić information content (AvgIpc) is 3.79. The smallest absolute Gasteiger partial charge is 0.171 e. The molecule has 0 aliphatic rings. The fourth-order valence-corrected chi connectivity index (χ4v) is 15.6. The number of thiophene rings is 1. The number of pyridine rings is 2. The SMILES string of the molecule is O=P(c1ccccc1)(c1ccccc1)c1ccc2sc3ccc(P(=O)(c4ccccc4)c4ccccc4)cc3c2c1.c1ccc(-c2ccnc3c2ccc2c(-c4ccccc4)ccnc23)cc1. The van der Waals surface area contributed by atoms with Crippen molar-refractivity contribution in [3.8, 4) is 22.3 Å². The van der Waals surface area contributed by atoms with E-state index in [0.29, 0.717) is 0 Å². The second-order valence-electron chi connectivity index (χ2n) is 16.3. The summed E-state index contributed by atoms with van der Waals surface area (Å²) >= 11 is 1.70. The molecule has 0 amide bonds. The number of hydrogen-bond acceptors (Lipinski definition) is 5. The fraction of sp³-hybridized carbons (Fsp3) is 0. The van der Waals surface area contributed by atoms with Gasteiger partial charge in [0.15, 0.2) is 14.3 Å². The van der Waals surface area contributed by atoms with Crippen LogP contribution >= 0.6 is 25.6 Å². The van der Waals surface area contributed by atoms with E-state index in [1.54, 1.807) is 11.3 Å². The summed E-state index contributed by atoms with van der Waals surface area (Å²) in [6, 6.07) is 80.7. The molecule has 0 unspecified atom stereocenters. The molecule has 12 aromatic rings. The van der Waals surface area contributed by atoms with Gasteiger partial charge in [-0.3, -0.25) is 9.97 Å². The van der Waals surface area contributed by atoms with E-state index in [9.17, 15) is 0 Å². The number of rotatable bonds is 8. The summed E-state index contributed by atoms with van der Waals surface area (Å²) in [4.78, 5) is 9.34. The topological polar surface area (TPSA) is 59.9 Å². The highest BCUT2D eigenvalue weighted by molar-refractivity contribution is 7.85. The lowest BCUT2D eigenvalue weighted by atomic mass is 9.97. The van der Waals surface area contributed by atoms with Gasteiger partial charge in [0.2, 0.25) is 0 Å². The Balaban J connectivity index is 0.000000163. The van der Waals surface area contributed by atoms with Crippen LogP contribution in [0, 0.1) is 0 Å². The molecule has 3 aromatic heterocycles. The third-order valence-corrected chi connectivity index (χ3v) is 19.7. The van der Waals surface area contributed by atoms with Gasteiger partial charge in [0.05, 0.1) is 11.0 Å². The van der Waals surface area contributed by atoms with Crippen molar-refractivity contribution in [1.82, 2.24) is 9.97 Å². The van der Waals surface area contributed by atoms with Gasteiger partial charge in [0, 0.05) is 75.2 Å². The number of hydrogen-bond donors (Lipinski definition) is 0. The molecule has 7 heteroatoms. The van der Waals surface area contributed by atoms with E-state index < -0.39 is 14.3 Å². The second kappa shape index (κ2) is 18.0. The number of nitrogens with zero attached hydrogens (tertiary/aromatic N) is 2. The van der Waals surface area contributed by atoms with Crippen molar-refractivity contribution in [2.45, 2.75) is 0 Å². The Morgan fingerprint density at radius 2 is 0.612 bits per heavy atom. The van der Waals surface area contributed by atoms with Crippen LogP contribution in [-0.2, 0) is 9.13 Å². The number of aromatic nitrogens is 2. The molecule has 0 saturated carbocycles. The first-order chi connectivity index (χ1) is 33.0. The Bertz CT molecular complexity index is 3460. The zero-order chi connectivity index (χ0) is 45.2. The molecule has 0 aliphatic carbocycles. The first-order valence-electron chi connectivity index (χ1n) is 22.2. The van der Waals surface area contributed by atoms with E-state index in [-0.39, 0.29) is 0 Å². The predicted molar refractivity (Wildman–Crippen MR) is 286 cm³/mol. The van der Waals surface area contributed by atoms with Crippen LogP contribution < -0.4 is 31.8 Å². The summed E-state index contributed by atoms with van der Waals surface area (Å²) in [5.41, 5.74) is 6.65. The monoisotopic (exact) mass is 916 g/mol. The van der Waals surface area contributed by atoms with Crippen molar-refractivity contribution in [1.29, 1.82) is 0 Å². The third-order valence-electron chi connectivity index (χ3n) is 12.4. The zero-order valence-corrected chi connectivity index (χ0v) is 38.9. The summed E-state index contributed by atoms with van der Waals surface area (Å²) in [6.45, 7) is 0. The molecular formula is C60H42N2O2P2S. The summed E-state index contributed by atoms with van der Waals surface area (Å²) < 4.78 is 32.4.